The molecule has 0 atom stereocenters. The molecule has 2 rings (SSSR count). The second-order valence-corrected chi connectivity index (χ2v) is 5.89. The van der Waals surface area contributed by atoms with Gasteiger partial charge in [-0.1, -0.05) is 31.2 Å². The molecule has 0 fully saturated rings. The Balaban J connectivity index is 1.91. The Morgan fingerprint density at radius 3 is 2.64 bits per heavy atom. The van der Waals surface area contributed by atoms with E-state index in [9.17, 15) is 4.79 Å². The first-order valence-electron chi connectivity index (χ1n) is 8.47. The summed E-state index contributed by atoms with van der Waals surface area (Å²) in [7, 11) is 0. The van der Waals surface area contributed by atoms with Crippen molar-refractivity contribution >= 4 is 11.5 Å². The quantitative estimate of drug-likeness (QED) is 0.313. The predicted octanol–water partition coefficient (Wildman–Crippen LogP) is 1.45. The van der Waals surface area contributed by atoms with Crippen molar-refractivity contribution in [1.82, 2.24) is 14.9 Å². The lowest BCUT2D eigenvalue weighted by Crippen LogP contribution is -2.31. The van der Waals surface area contributed by atoms with Crippen LogP contribution < -0.4 is 21.9 Å². The third-order valence-electron chi connectivity index (χ3n) is 3.92. The number of benzene rings is 1. The van der Waals surface area contributed by atoms with Crippen LogP contribution in [0.3, 0.4) is 0 Å². The highest BCUT2D eigenvalue weighted by atomic mass is 16.1. The smallest absolute Gasteiger partial charge is 0.276 e. The largest absolute Gasteiger partial charge is 0.384 e. The summed E-state index contributed by atoms with van der Waals surface area (Å²) in [5.74, 6) is 0.776. The normalized spacial score (nSPS) is 10.6. The first kappa shape index (κ1) is 18.7. The van der Waals surface area contributed by atoms with Crippen molar-refractivity contribution in [2.45, 2.75) is 33.4 Å². The number of hydrogen-bond donors (Lipinski definition) is 4. The highest BCUT2D eigenvalue weighted by Gasteiger charge is 2.06. The lowest BCUT2D eigenvalue weighted by molar-refractivity contribution is 0.566. The summed E-state index contributed by atoms with van der Waals surface area (Å²) in [5, 5.41) is 13.8. The topological polar surface area (TPSA) is 109 Å². The van der Waals surface area contributed by atoms with Gasteiger partial charge in [0.15, 0.2) is 0 Å². The first-order valence-corrected chi connectivity index (χ1v) is 8.47. The molecule has 0 aliphatic rings. The molecule has 1 aromatic carbocycles. The standard InChI is InChI=1S/C18H26N6O/c1-3-8-22-16-12-23-13(2)24(18(16)25)10-9-21-11-14-4-6-15(7-5-14)17(19)20/h4-7,12,21-22H,3,8-11H2,1-2H3,(H3,19,20). The third-order valence-corrected chi connectivity index (χ3v) is 3.92. The van der Waals surface area contributed by atoms with Gasteiger partial charge in [-0.25, -0.2) is 4.98 Å². The molecule has 1 aromatic heterocycles. The molecule has 0 bridgehead atoms. The van der Waals surface area contributed by atoms with E-state index in [1.165, 1.54) is 0 Å². The third kappa shape index (κ3) is 5.15. The van der Waals surface area contributed by atoms with Crippen molar-refractivity contribution in [2.75, 3.05) is 18.4 Å². The molecule has 7 heteroatoms. The molecular formula is C18H26N6O. The number of nitrogens with zero attached hydrogens (tertiary/aromatic N) is 2. The van der Waals surface area contributed by atoms with Crippen LogP contribution in [0.5, 0.6) is 0 Å². The van der Waals surface area contributed by atoms with Crippen LogP contribution in [0.25, 0.3) is 0 Å². The molecule has 0 amide bonds. The molecule has 5 N–H and O–H groups in total. The Bertz CT molecular complexity index is 766. The second kappa shape index (κ2) is 8.98. The fraction of sp³-hybridized carbons (Fsp3) is 0.389. The fourth-order valence-corrected chi connectivity index (χ4v) is 2.45. The summed E-state index contributed by atoms with van der Waals surface area (Å²) in [6.07, 6.45) is 2.56. The molecule has 1 heterocycles. The summed E-state index contributed by atoms with van der Waals surface area (Å²) in [6, 6.07) is 7.55. The van der Waals surface area contributed by atoms with Gasteiger partial charge in [0.25, 0.3) is 5.56 Å². The number of nitrogens with one attached hydrogen (secondary N) is 3. The molecule has 0 aliphatic heterocycles. The maximum atomic E-state index is 12.5. The number of aryl methyl sites for hydroxylation is 1. The molecule has 0 aliphatic carbocycles. The van der Waals surface area contributed by atoms with E-state index in [2.05, 4.69) is 22.5 Å². The van der Waals surface area contributed by atoms with E-state index in [4.69, 9.17) is 11.1 Å². The minimum Gasteiger partial charge on any atom is -0.384 e. The lowest BCUT2D eigenvalue weighted by Gasteiger charge is -2.12. The zero-order chi connectivity index (χ0) is 18.2. The van der Waals surface area contributed by atoms with Gasteiger partial charge >= 0.3 is 0 Å². The molecule has 7 nitrogen and oxygen atoms in total. The van der Waals surface area contributed by atoms with Gasteiger partial charge in [0.05, 0.1) is 6.20 Å². The van der Waals surface area contributed by atoms with Crippen LogP contribution in [0.4, 0.5) is 5.69 Å². The van der Waals surface area contributed by atoms with Crippen LogP contribution in [0.1, 0.15) is 30.3 Å². The highest BCUT2D eigenvalue weighted by molar-refractivity contribution is 5.94. The molecule has 0 spiro atoms. The Labute approximate surface area is 147 Å². The van der Waals surface area contributed by atoms with Crippen LogP contribution >= 0.6 is 0 Å². The summed E-state index contributed by atoms with van der Waals surface area (Å²) in [4.78, 5) is 16.8. The Morgan fingerprint density at radius 2 is 2.00 bits per heavy atom. The average Bonchev–Trinajstić information content (AvgIpc) is 2.60. The van der Waals surface area contributed by atoms with Gasteiger partial charge in [0, 0.05) is 31.7 Å². The number of hydrogen-bond acceptors (Lipinski definition) is 5. The summed E-state index contributed by atoms with van der Waals surface area (Å²) in [5.41, 5.74) is 7.78. The van der Waals surface area contributed by atoms with E-state index < -0.39 is 0 Å². The number of nitrogen functional groups attached to an aromatic ring is 1. The summed E-state index contributed by atoms with van der Waals surface area (Å²) in [6.45, 7) is 6.56. The van der Waals surface area contributed by atoms with Crippen molar-refractivity contribution in [2.24, 2.45) is 5.73 Å². The molecule has 25 heavy (non-hydrogen) atoms. The van der Waals surface area contributed by atoms with Crippen LogP contribution in [0.2, 0.25) is 0 Å². The number of nitrogens with two attached hydrogens (primary N) is 1. The molecule has 0 saturated heterocycles. The molecule has 0 unspecified atom stereocenters. The van der Waals surface area contributed by atoms with Crippen LogP contribution in [-0.2, 0) is 13.1 Å². The Kier molecular flexibility index (Phi) is 6.71. The van der Waals surface area contributed by atoms with Crippen LogP contribution in [-0.4, -0.2) is 28.5 Å². The second-order valence-electron chi connectivity index (χ2n) is 5.89. The lowest BCUT2D eigenvalue weighted by atomic mass is 10.1. The Morgan fingerprint density at radius 1 is 1.28 bits per heavy atom. The molecule has 134 valence electrons. The average molecular weight is 342 g/mol. The maximum Gasteiger partial charge on any atom is 0.276 e. The van der Waals surface area contributed by atoms with Gasteiger partial charge in [-0.2, -0.15) is 0 Å². The molecular weight excluding hydrogens is 316 g/mol. The van der Waals surface area contributed by atoms with Crippen molar-refractivity contribution in [1.29, 1.82) is 5.41 Å². The monoisotopic (exact) mass is 342 g/mol. The van der Waals surface area contributed by atoms with Crippen molar-refractivity contribution in [3.63, 3.8) is 0 Å². The van der Waals surface area contributed by atoms with Gasteiger partial charge in [0.2, 0.25) is 0 Å². The van der Waals surface area contributed by atoms with Gasteiger partial charge in [-0.3, -0.25) is 14.8 Å². The number of rotatable bonds is 9. The Hall–Kier alpha value is -2.67. The van der Waals surface area contributed by atoms with Gasteiger partial charge < -0.3 is 16.4 Å². The minimum absolute atomic E-state index is 0.0337. The number of amidine groups is 1. The highest BCUT2D eigenvalue weighted by Crippen LogP contribution is 2.04. The van der Waals surface area contributed by atoms with E-state index in [-0.39, 0.29) is 11.4 Å². The first-order chi connectivity index (χ1) is 12.0. The zero-order valence-electron chi connectivity index (χ0n) is 14.8. The van der Waals surface area contributed by atoms with Crippen LogP contribution in [0.15, 0.2) is 35.3 Å². The van der Waals surface area contributed by atoms with Crippen molar-refractivity contribution in [3.8, 4) is 0 Å². The number of aromatic nitrogens is 2. The van der Waals surface area contributed by atoms with E-state index in [0.29, 0.717) is 36.7 Å². The van der Waals surface area contributed by atoms with E-state index >= 15 is 0 Å². The van der Waals surface area contributed by atoms with Crippen molar-refractivity contribution in [3.05, 3.63) is 57.8 Å². The van der Waals surface area contributed by atoms with Gasteiger partial charge in [0.1, 0.15) is 17.3 Å². The molecule has 0 radical (unpaired) electrons. The SMILES string of the molecule is CCCNc1cnc(C)n(CCNCc2ccc(C(=N)N)cc2)c1=O. The maximum absolute atomic E-state index is 12.5. The molecule has 2 aromatic rings. The van der Waals surface area contributed by atoms with Gasteiger partial charge in [-0.15, -0.1) is 0 Å². The summed E-state index contributed by atoms with van der Waals surface area (Å²) >= 11 is 0. The zero-order valence-corrected chi connectivity index (χ0v) is 14.8. The fourth-order valence-electron chi connectivity index (χ4n) is 2.45. The van der Waals surface area contributed by atoms with E-state index in [0.717, 1.165) is 18.5 Å². The number of anilines is 1. The van der Waals surface area contributed by atoms with Crippen molar-refractivity contribution < 1.29 is 0 Å². The summed E-state index contributed by atoms with van der Waals surface area (Å²) < 4.78 is 1.68. The molecule has 0 saturated carbocycles. The van der Waals surface area contributed by atoms with E-state index in [1.807, 2.05) is 31.2 Å². The van der Waals surface area contributed by atoms with Crippen LogP contribution in [0, 0.1) is 12.3 Å². The van der Waals surface area contributed by atoms with E-state index in [1.54, 1.807) is 10.8 Å². The van der Waals surface area contributed by atoms with Gasteiger partial charge in [-0.05, 0) is 18.9 Å². The predicted molar refractivity (Wildman–Crippen MR) is 101 cm³/mol. The minimum atomic E-state index is -0.0337.